The summed E-state index contributed by atoms with van der Waals surface area (Å²) >= 11 is 7.85. The predicted octanol–water partition coefficient (Wildman–Crippen LogP) is 4.71. The minimum atomic E-state index is 0.494. The third-order valence-electron chi connectivity index (χ3n) is 5.23. The zero-order chi connectivity index (χ0) is 14.7. The van der Waals surface area contributed by atoms with Crippen LogP contribution in [0.3, 0.4) is 0 Å². The molecule has 118 valence electrons. The molecule has 1 N–H and O–H groups in total. The monoisotopic (exact) mass is 326 g/mol. The van der Waals surface area contributed by atoms with E-state index in [0.29, 0.717) is 12.1 Å². The third-order valence-corrected chi connectivity index (χ3v) is 6.63. The molecule has 0 amide bonds. The zero-order valence-electron chi connectivity index (χ0n) is 13.0. The Balaban J connectivity index is 1.66. The van der Waals surface area contributed by atoms with Crippen molar-refractivity contribution < 1.29 is 0 Å². The van der Waals surface area contributed by atoms with E-state index in [9.17, 15) is 0 Å². The highest BCUT2D eigenvalue weighted by molar-refractivity contribution is 7.16. The molecule has 0 radical (unpaired) electrons. The Morgan fingerprint density at radius 2 is 2.05 bits per heavy atom. The average molecular weight is 327 g/mol. The number of hydrogen-bond acceptors (Lipinski definition) is 3. The molecular weight excluding hydrogens is 300 g/mol. The lowest BCUT2D eigenvalue weighted by Crippen LogP contribution is -2.44. The van der Waals surface area contributed by atoms with Gasteiger partial charge in [0.1, 0.15) is 0 Å². The summed E-state index contributed by atoms with van der Waals surface area (Å²) in [5, 5.41) is 3.83. The van der Waals surface area contributed by atoms with Crippen LogP contribution < -0.4 is 5.32 Å². The van der Waals surface area contributed by atoms with E-state index in [4.69, 9.17) is 11.6 Å². The van der Waals surface area contributed by atoms with Crippen molar-refractivity contribution in [2.75, 3.05) is 19.6 Å². The zero-order valence-corrected chi connectivity index (χ0v) is 14.6. The molecule has 4 heteroatoms. The van der Waals surface area contributed by atoms with Crippen molar-refractivity contribution in [2.24, 2.45) is 5.92 Å². The molecule has 3 rings (SSSR count). The van der Waals surface area contributed by atoms with Crippen LogP contribution in [0.2, 0.25) is 4.34 Å². The average Bonchev–Trinajstić information content (AvgIpc) is 2.81. The largest absolute Gasteiger partial charge is 0.312 e. The molecule has 2 nitrogen and oxygen atoms in total. The van der Waals surface area contributed by atoms with Crippen molar-refractivity contribution >= 4 is 22.9 Å². The lowest BCUT2D eigenvalue weighted by molar-refractivity contribution is 0.172. The Hall–Kier alpha value is -0.0900. The molecule has 0 bridgehead atoms. The molecular formula is C17H27ClN2S. The second kappa shape index (κ2) is 7.45. The van der Waals surface area contributed by atoms with Crippen LogP contribution in [-0.4, -0.2) is 30.6 Å². The van der Waals surface area contributed by atoms with Crippen molar-refractivity contribution in [1.29, 1.82) is 0 Å². The van der Waals surface area contributed by atoms with Crippen LogP contribution in [0.25, 0.3) is 0 Å². The second-order valence-electron chi connectivity index (χ2n) is 6.63. The molecule has 1 saturated carbocycles. The molecule has 0 spiro atoms. The van der Waals surface area contributed by atoms with E-state index in [2.05, 4.69) is 23.2 Å². The molecule has 1 aromatic heterocycles. The van der Waals surface area contributed by atoms with Crippen LogP contribution in [0, 0.1) is 5.92 Å². The fraction of sp³-hybridized carbons (Fsp3) is 0.765. The number of nitrogens with zero attached hydrogens (tertiary/aromatic N) is 1. The first-order valence-electron chi connectivity index (χ1n) is 8.46. The maximum absolute atomic E-state index is 6.11. The first-order valence-corrected chi connectivity index (χ1v) is 9.66. The maximum Gasteiger partial charge on any atom is 0.0931 e. The van der Waals surface area contributed by atoms with E-state index in [0.717, 1.165) is 10.3 Å². The molecule has 21 heavy (non-hydrogen) atoms. The van der Waals surface area contributed by atoms with Crippen molar-refractivity contribution in [3.05, 3.63) is 21.3 Å². The molecule has 2 unspecified atom stereocenters. The van der Waals surface area contributed by atoms with Crippen LogP contribution >= 0.6 is 22.9 Å². The van der Waals surface area contributed by atoms with E-state index in [1.807, 2.05) is 6.07 Å². The summed E-state index contributed by atoms with van der Waals surface area (Å²) in [6.07, 6.45) is 8.40. The summed E-state index contributed by atoms with van der Waals surface area (Å²) in [4.78, 5) is 4.07. The van der Waals surface area contributed by atoms with Crippen LogP contribution in [0.1, 0.15) is 56.4 Å². The number of thiophene rings is 1. The van der Waals surface area contributed by atoms with Gasteiger partial charge >= 0.3 is 0 Å². The van der Waals surface area contributed by atoms with E-state index >= 15 is 0 Å². The molecule has 1 aliphatic carbocycles. The van der Waals surface area contributed by atoms with Crippen molar-refractivity contribution in [2.45, 2.75) is 57.5 Å². The van der Waals surface area contributed by atoms with E-state index in [-0.39, 0.29) is 0 Å². The van der Waals surface area contributed by atoms with Crippen molar-refractivity contribution in [3.63, 3.8) is 0 Å². The highest BCUT2D eigenvalue weighted by Gasteiger charge is 2.29. The Kier molecular flexibility index (Phi) is 5.60. The van der Waals surface area contributed by atoms with Crippen LogP contribution in [-0.2, 0) is 0 Å². The molecule has 1 aliphatic heterocycles. The maximum atomic E-state index is 6.11. The van der Waals surface area contributed by atoms with Gasteiger partial charge in [0, 0.05) is 30.1 Å². The normalized spacial score (nSPS) is 27.4. The Labute approximate surface area is 137 Å². The number of rotatable bonds is 3. The highest BCUT2D eigenvalue weighted by Crippen LogP contribution is 2.33. The van der Waals surface area contributed by atoms with Gasteiger partial charge in [0.2, 0.25) is 0 Å². The van der Waals surface area contributed by atoms with Gasteiger partial charge in [-0.2, -0.15) is 0 Å². The topological polar surface area (TPSA) is 15.3 Å². The van der Waals surface area contributed by atoms with Gasteiger partial charge in [0.15, 0.2) is 0 Å². The third kappa shape index (κ3) is 4.01. The number of hydrogen-bond donors (Lipinski definition) is 1. The van der Waals surface area contributed by atoms with Gasteiger partial charge in [-0.1, -0.05) is 30.9 Å². The summed E-state index contributed by atoms with van der Waals surface area (Å²) in [6, 6.07) is 5.41. The fourth-order valence-electron chi connectivity index (χ4n) is 3.91. The first-order chi connectivity index (χ1) is 10.2. The van der Waals surface area contributed by atoms with Crippen molar-refractivity contribution in [1.82, 2.24) is 10.2 Å². The van der Waals surface area contributed by atoms with Gasteiger partial charge in [-0.05, 0) is 50.8 Å². The summed E-state index contributed by atoms with van der Waals surface area (Å²) < 4.78 is 0.911. The van der Waals surface area contributed by atoms with Gasteiger partial charge in [-0.15, -0.1) is 11.3 Å². The predicted molar refractivity (Wildman–Crippen MR) is 92.3 cm³/mol. The van der Waals surface area contributed by atoms with Crippen molar-refractivity contribution in [3.8, 4) is 0 Å². The molecule has 2 aliphatic rings. The standard InChI is InChI=1S/C17H27ClN2S/c1-13(16-8-9-17(18)21-16)20-11-5-10-19-15(12-20)14-6-3-2-4-7-14/h8-9,13-15,19H,2-7,10-12H2,1H3. The van der Waals surface area contributed by atoms with E-state index in [1.54, 1.807) is 11.3 Å². The summed E-state index contributed by atoms with van der Waals surface area (Å²) in [5.74, 6) is 0.887. The summed E-state index contributed by atoms with van der Waals surface area (Å²) in [5.41, 5.74) is 0. The lowest BCUT2D eigenvalue weighted by Gasteiger charge is -2.35. The Morgan fingerprint density at radius 3 is 2.76 bits per heavy atom. The van der Waals surface area contributed by atoms with Crippen LogP contribution in [0.5, 0.6) is 0 Å². The molecule has 2 fully saturated rings. The van der Waals surface area contributed by atoms with E-state index < -0.39 is 0 Å². The smallest absolute Gasteiger partial charge is 0.0931 e. The number of halogens is 1. The summed E-state index contributed by atoms with van der Waals surface area (Å²) in [7, 11) is 0. The fourth-order valence-corrected chi connectivity index (χ4v) is 5.06. The van der Waals surface area contributed by atoms with Gasteiger partial charge in [-0.3, -0.25) is 4.90 Å². The SMILES string of the molecule is CC(c1ccc(Cl)s1)N1CCCNC(C2CCCCC2)C1. The second-order valence-corrected chi connectivity index (χ2v) is 8.37. The quantitative estimate of drug-likeness (QED) is 0.865. The molecule has 1 saturated heterocycles. The molecule has 1 aromatic rings. The minimum Gasteiger partial charge on any atom is -0.312 e. The number of nitrogens with one attached hydrogen (secondary N) is 1. The van der Waals surface area contributed by atoms with Gasteiger partial charge < -0.3 is 5.32 Å². The summed E-state index contributed by atoms with van der Waals surface area (Å²) in [6.45, 7) is 5.91. The highest BCUT2D eigenvalue weighted by atomic mass is 35.5. The van der Waals surface area contributed by atoms with E-state index in [1.165, 1.54) is 63.0 Å². The van der Waals surface area contributed by atoms with Gasteiger partial charge in [0.05, 0.1) is 4.34 Å². The first kappa shape index (κ1) is 15.8. The Morgan fingerprint density at radius 1 is 1.24 bits per heavy atom. The molecule has 0 aromatic carbocycles. The lowest BCUT2D eigenvalue weighted by atomic mass is 9.83. The van der Waals surface area contributed by atoms with Gasteiger partial charge in [0.25, 0.3) is 0 Å². The van der Waals surface area contributed by atoms with Crippen LogP contribution in [0.15, 0.2) is 12.1 Å². The van der Waals surface area contributed by atoms with Crippen LogP contribution in [0.4, 0.5) is 0 Å². The molecule has 2 heterocycles. The molecule has 2 atom stereocenters. The Bertz CT molecular complexity index is 442. The van der Waals surface area contributed by atoms with Gasteiger partial charge in [-0.25, -0.2) is 0 Å². The minimum absolute atomic E-state index is 0.494.